The van der Waals surface area contributed by atoms with Crippen LogP contribution < -0.4 is 11.5 Å². The van der Waals surface area contributed by atoms with Gasteiger partial charge in [-0.05, 0) is 24.5 Å². The van der Waals surface area contributed by atoms with E-state index >= 15 is 0 Å². The van der Waals surface area contributed by atoms with E-state index in [9.17, 15) is 0 Å². The summed E-state index contributed by atoms with van der Waals surface area (Å²) in [6.45, 7) is 2.21. The molecule has 0 radical (unpaired) electrons. The molecule has 0 saturated carbocycles. The third kappa shape index (κ3) is 2.36. The Hall–Kier alpha value is -1.70. The van der Waals surface area contributed by atoms with E-state index in [1.165, 1.54) is 24.8 Å². The molecular weight excluding hydrogens is 208 g/mol. The van der Waals surface area contributed by atoms with Crippen molar-refractivity contribution in [1.82, 2.24) is 0 Å². The van der Waals surface area contributed by atoms with Crippen molar-refractivity contribution in [1.29, 1.82) is 0 Å². The lowest BCUT2D eigenvalue weighted by Crippen LogP contribution is -1.99. The topological polar surface area (TPSA) is 52.0 Å². The zero-order valence-corrected chi connectivity index (χ0v) is 10.4. The Morgan fingerprint density at radius 2 is 1.71 bits per heavy atom. The van der Waals surface area contributed by atoms with Crippen molar-refractivity contribution < 1.29 is 0 Å². The molecule has 0 unspecified atom stereocenters. The Morgan fingerprint density at radius 1 is 1.00 bits per heavy atom. The highest BCUT2D eigenvalue weighted by atomic mass is 14.6. The van der Waals surface area contributed by atoms with Gasteiger partial charge in [0.1, 0.15) is 0 Å². The Balaban J connectivity index is 2.40. The molecule has 0 fully saturated rings. The molecule has 2 aromatic rings. The summed E-state index contributed by atoms with van der Waals surface area (Å²) >= 11 is 0. The number of hydrogen-bond acceptors (Lipinski definition) is 2. The molecule has 2 nitrogen and oxygen atoms in total. The van der Waals surface area contributed by atoms with Gasteiger partial charge in [-0.25, -0.2) is 0 Å². The van der Waals surface area contributed by atoms with Crippen LogP contribution in [0.25, 0.3) is 10.8 Å². The van der Waals surface area contributed by atoms with Crippen molar-refractivity contribution in [2.75, 3.05) is 11.5 Å². The first kappa shape index (κ1) is 11.8. The summed E-state index contributed by atoms with van der Waals surface area (Å²) in [5.74, 6) is 0. The Kier molecular flexibility index (Phi) is 3.52. The van der Waals surface area contributed by atoms with Crippen LogP contribution in [0, 0.1) is 0 Å². The molecule has 0 bridgehead atoms. The van der Waals surface area contributed by atoms with Gasteiger partial charge in [0.25, 0.3) is 0 Å². The lowest BCUT2D eigenvalue weighted by Gasteiger charge is -2.11. The van der Waals surface area contributed by atoms with E-state index in [2.05, 4.69) is 6.92 Å². The number of unbranched alkanes of at least 4 members (excludes halogenated alkanes) is 2. The normalized spacial score (nSPS) is 10.9. The predicted octanol–water partition coefficient (Wildman–Crippen LogP) is 3.74. The van der Waals surface area contributed by atoms with Crippen LogP contribution in [-0.2, 0) is 6.42 Å². The predicted molar refractivity (Wildman–Crippen MR) is 76.0 cm³/mol. The molecule has 2 heteroatoms. The maximum Gasteiger partial charge on any atom is 0.0427 e. The summed E-state index contributed by atoms with van der Waals surface area (Å²) in [5.41, 5.74) is 15.2. The smallest absolute Gasteiger partial charge is 0.0427 e. The third-order valence-electron chi connectivity index (χ3n) is 3.25. The van der Waals surface area contributed by atoms with Crippen LogP contribution >= 0.6 is 0 Å². The van der Waals surface area contributed by atoms with Crippen LogP contribution in [0.1, 0.15) is 31.7 Å². The summed E-state index contributed by atoms with van der Waals surface area (Å²) < 4.78 is 0. The molecule has 0 aliphatic heterocycles. The molecule has 4 N–H and O–H groups in total. The van der Waals surface area contributed by atoms with E-state index in [1.54, 1.807) is 0 Å². The lowest BCUT2D eigenvalue weighted by molar-refractivity contribution is 0.719. The number of hydrogen-bond donors (Lipinski definition) is 2. The minimum Gasteiger partial charge on any atom is -0.398 e. The fourth-order valence-corrected chi connectivity index (χ4v) is 2.26. The molecule has 0 spiro atoms. The van der Waals surface area contributed by atoms with Gasteiger partial charge in [-0.15, -0.1) is 0 Å². The molecule has 0 aliphatic rings. The van der Waals surface area contributed by atoms with Crippen molar-refractivity contribution in [3.63, 3.8) is 0 Å². The van der Waals surface area contributed by atoms with Crippen LogP contribution in [0.15, 0.2) is 30.3 Å². The van der Waals surface area contributed by atoms with Gasteiger partial charge >= 0.3 is 0 Å². The SMILES string of the molecule is CCCCCc1cc(N)c2ccccc2c1N. The molecule has 0 aromatic heterocycles. The maximum absolute atomic E-state index is 6.21. The maximum atomic E-state index is 6.21. The van der Waals surface area contributed by atoms with Crippen LogP contribution in [0.4, 0.5) is 11.4 Å². The summed E-state index contributed by atoms with van der Waals surface area (Å²) in [6.07, 6.45) is 4.67. The highest BCUT2D eigenvalue weighted by Crippen LogP contribution is 2.30. The largest absolute Gasteiger partial charge is 0.398 e. The summed E-state index contributed by atoms with van der Waals surface area (Å²) in [4.78, 5) is 0. The highest BCUT2D eigenvalue weighted by molar-refractivity contribution is 6.01. The Bertz CT molecular complexity index is 518. The Morgan fingerprint density at radius 3 is 2.41 bits per heavy atom. The average molecular weight is 228 g/mol. The Labute approximate surface area is 103 Å². The second kappa shape index (κ2) is 5.09. The molecule has 0 amide bonds. The number of aryl methyl sites for hydroxylation is 1. The zero-order chi connectivity index (χ0) is 12.3. The van der Waals surface area contributed by atoms with Gasteiger partial charge in [-0.3, -0.25) is 0 Å². The van der Waals surface area contributed by atoms with E-state index in [0.29, 0.717) is 0 Å². The van der Waals surface area contributed by atoms with Crippen LogP contribution in [-0.4, -0.2) is 0 Å². The van der Waals surface area contributed by atoms with Crippen LogP contribution in [0.2, 0.25) is 0 Å². The average Bonchev–Trinajstić information content (AvgIpc) is 2.36. The zero-order valence-electron chi connectivity index (χ0n) is 10.4. The van der Waals surface area contributed by atoms with Gasteiger partial charge in [0.2, 0.25) is 0 Å². The first-order chi connectivity index (χ1) is 8.24. The van der Waals surface area contributed by atoms with E-state index in [4.69, 9.17) is 11.5 Å². The molecule has 0 heterocycles. The first-order valence-corrected chi connectivity index (χ1v) is 6.29. The van der Waals surface area contributed by atoms with E-state index < -0.39 is 0 Å². The number of nitrogens with two attached hydrogens (primary N) is 2. The van der Waals surface area contributed by atoms with Gasteiger partial charge in [-0.1, -0.05) is 44.0 Å². The van der Waals surface area contributed by atoms with Crippen molar-refractivity contribution in [3.05, 3.63) is 35.9 Å². The minimum absolute atomic E-state index is 0.835. The van der Waals surface area contributed by atoms with Crippen molar-refractivity contribution in [2.45, 2.75) is 32.6 Å². The van der Waals surface area contributed by atoms with E-state index in [1.807, 2.05) is 30.3 Å². The number of anilines is 2. The monoisotopic (exact) mass is 228 g/mol. The molecule has 17 heavy (non-hydrogen) atoms. The fourth-order valence-electron chi connectivity index (χ4n) is 2.26. The second-order valence-electron chi connectivity index (χ2n) is 4.54. The fraction of sp³-hybridized carbons (Fsp3) is 0.333. The lowest BCUT2D eigenvalue weighted by atomic mass is 9.98. The molecule has 2 aromatic carbocycles. The van der Waals surface area contributed by atoms with Gasteiger partial charge in [-0.2, -0.15) is 0 Å². The summed E-state index contributed by atoms with van der Waals surface area (Å²) in [7, 11) is 0. The number of nitrogen functional groups attached to an aromatic ring is 2. The van der Waals surface area contributed by atoms with Crippen molar-refractivity contribution >= 4 is 22.1 Å². The number of benzene rings is 2. The standard InChI is InChI=1S/C15H20N2/c1-2-3-4-7-11-10-14(16)12-8-5-6-9-13(12)15(11)17/h5-6,8-10H,2-4,7,16-17H2,1H3. The van der Waals surface area contributed by atoms with Gasteiger partial charge < -0.3 is 11.5 Å². The van der Waals surface area contributed by atoms with E-state index in [0.717, 1.165) is 28.6 Å². The van der Waals surface area contributed by atoms with Gasteiger partial charge in [0, 0.05) is 22.1 Å². The molecule has 90 valence electrons. The molecule has 0 aliphatic carbocycles. The third-order valence-corrected chi connectivity index (χ3v) is 3.25. The number of rotatable bonds is 4. The first-order valence-electron chi connectivity index (χ1n) is 6.29. The number of fused-ring (bicyclic) bond motifs is 1. The minimum atomic E-state index is 0.835. The van der Waals surface area contributed by atoms with Gasteiger partial charge in [0.15, 0.2) is 0 Å². The second-order valence-corrected chi connectivity index (χ2v) is 4.54. The summed E-state index contributed by atoms with van der Waals surface area (Å²) in [6, 6.07) is 10.1. The van der Waals surface area contributed by atoms with Crippen LogP contribution in [0.5, 0.6) is 0 Å². The van der Waals surface area contributed by atoms with E-state index in [-0.39, 0.29) is 0 Å². The molecular formula is C15H20N2. The highest BCUT2D eigenvalue weighted by Gasteiger charge is 2.07. The van der Waals surface area contributed by atoms with Crippen LogP contribution in [0.3, 0.4) is 0 Å². The van der Waals surface area contributed by atoms with Crippen molar-refractivity contribution in [3.8, 4) is 0 Å². The van der Waals surface area contributed by atoms with Crippen molar-refractivity contribution in [2.24, 2.45) is 0 Å². The quantitative estimate of drug-likeness (QED) is 0.618. The summed E-state index contributed by atoms with van der Waals surface area (Å²) in [5, 5.41) is 2.14. The molecule has 0 atom stereocenters. The van der Waals surface area contributed by atoms with Gasteiger partial charge in [0.05, 0.1) is 0 Å². The molecule has 0 saturated heterocycles. The molecule has 2 rings (SSSR count).